The Morgan fingerprint density at radius 2 is 1.73 bits per heavy atom. The molecule has 0 nitrogen and oxygen atoms in total. The summed E-state index contributed by atoms with van der Waals surface area (Å²) in [6.07, 6.45) is 5.98. The maximum Gasteiger partial charge on any atom is 0.00892 e. The molecule has 0 N–H and O–H groups in total. The number of rotatable bonds is 6. The molecule has 0 aliphatic heterocycles. The van der Waals surface area contributed by atoms with Crippen LogP contribution in [-0.2, 0) is 0 Å². The highest BCUT2D eigenvalue weighted by atomic mass is 14.4. The summed E-state index contributed by atoms with van der Waals surface area (Å²) in [4.78, 5) is 0. The lowest BCUT2D eigenvalue weighted by Gasteiger charge is -2.28. The first kappa shape index (κ1) is 18.7. The summed E-state index contributed by atoms with van der Waals surface area (Å²) < 4.78 is 0. The third-order valence-corrected chi connectivity index (χ3v) is 5.95. The predicted molar refractivity (Wildman–Crippen MR) is 116 cm³/mol. The lowest BCUT2D eigenvalue weighted by molar-refractivity contribution is 0.420. The third-order valence-electron chi connectivity index (χ3n) is 5.95. The van der Waals surface area contributed by atoms with Gasteiger partial charge < -0.3 is 0 Å². The molecular formula is C26H32. The zero-order valence-corrected chi connectivity index (χ0v) is 17.0. The lowest BCUT2D eigenvalue weighted by Crippen LogP contribution is -2.13. The Bertz CT molecular complexity index is 833. The highest BCUT2D eigenvalue weighted by molar-refractivity contribution is 5.81. The van der Waals surface area contributed by atoms with Crippen molar-refractivity contribution in [1.82, 2.24) is 0 Å². The molecule has 0 fully saturated rings. The van der Waals surface area contributed by atoms with Crippen LogP contribution in [0, 0.1) is 19.8 Å². The monoisotopic (exact) mass is 344 g/mol. The number of hydrogen-bond donors (Lipinski definition) is 0. The van der Waals surface area contributed by atoms with E-state index in [1.807, 2.05) is 0 Å². The van der Waals surface area contributed by atoms with Gasteiger partial charge >= 0.3 is 0 Å². The zero-order valence-electron chi connectivity index (χ0n) is 17.0. The summed E-state index contributed by atoms with van der Waals surface area (Å²) in [5, 5.41) is 0. The number of fused-ring (bicyclic) bond motifs is 1. The summed E-state index contributed by atoms with van der Waals surface area (Å²) in [6.45, 7) is 15.4. The molecule has 0 radical (unpaired) electrons. The molecule has 0 spiro atoms. The fourth-order valence-electron chi connectivity index (χ4n) is 4.52. The van der Waals surface area contributed by atoms with Crippen molar-refractivity contribution >= 4 is 6.08 Å². The van der Waals surface area contributed by atoms with Crippen LogP contribution in [0.4, 0.5) is 0 Å². The third kappa shape index (κ3) is 3.56. The van der Waals surface area contributed by atoms with Crippen molar-refractivity contribution in [2.24, 2.45) is 5.92 Å². The minimum Gasteiger partial charge on any atom is -0.100 e. The quantitative estimate of drug-likeness (QED) is 0.468. The normalized spacial score (nSPS) is 17.0. The van der Waals surface area contributed by atoms with E-state index in [-0.39, 0.29) is 0 Å². The molecule has 1 unspecified atom stereocenters. The van der Waals surface area contributed by atoms with Gasteiger partial charge in [0.25, 0.3) is 0 Å². The fraction of sp³-hybridized carbons (Fsp3) is 0.385. The molecule has 2 atom stereocenters. The molecule has 0 saturated heterocycles. The first-order valence-corrected chi connectivity index (χ1v) is 9.95. The summed E-state index contributed by atoms with van der Waals surface area (Å²) in [5.41, 5.74) is 11.3. The van der Waals surface area contributed by atoms with E-state index in [1.54, 1.807) is 5.56 Å². The fourth-order valence-corrected chi connectivity index (χ4v) is 4.52. The van der Waals surface area contributed by atoms with E-state index in [0.717, 1.165) is 6.42 Å². The van der Waals surface area contributed by atoms with Gasteiger partial charge in [-0.3, -0.25) is 0 Å². The van der Waals surface area contributed by atoms with Crippen LogP contribution in [0.3, 0.4) is 0 Å². The number of allylic oxidation sites excluding steroid dienone is 2. The van der Waals surface area contributed by atoms with Crippen LogP contribution in [0.2, 0.25) is 0 Å². The van der Waals surface area contributed by atoms with E-state index >= 15 is 0 Å². The second kappa shape index (κ2) is 7.66. The second-order valence-corrected chi connectivity index (χ2v) is 8.16. The second-order valence-electron chi connectivity index (χ2n) is 8.16. The van der Waals surface area contributed by atoms with E-state index in [2.05, 4.69) is 83.7 Å². The first-order chi connectivity index (χ1) is 12.4. The Kier molecular flexibility index (Phi) is 5.51. The number of aryl methyl sites for hydroxylation is 2. The van der Waals surface area contributed by atoms with E-state index in [9.17, 15) is 0 Å². The average Bonchev–Trinajstić information content (AvgIpc) is 2.93. The summed E-state index contributed by atoms with van der Waals surface area (Å²) in [6, 6.07) is 13.6. The maximum absolute atomic E-state index is 4.12. The van der Waals surface area contributed by atoms with Gasteiger partial charge in [-0.15, -0.1) is 6.58 Å². The van der Waals surface area contributed by atoms with Crippen LogP contribution in [0.15, 0.2) is 54.1 Å². The standard InChI is InChI=1S/C26H32/c1-7-21(12-8-17(2)3)25-20(6)16-23-15-11-19(5)24(26(23)25)22-13-9-18(4)10-14-22/h9-11,13-16,21,25H,2,7-8,12H2,1,3-6H3/t21-,25?/m0/s1. The molecule has 0 heteroatoms. The van der Waals surface area contributed by atoms with Gasteiger partial charge in [-0.1, -0.05) is 72.5 Å². The van der Waals surface area contributed by atoms with Crippen LogP contribution in [0.1, 0.15) is 68.2 Å². The molecule has 1 aliphatic rings. The van der Waals surface area contributed by atoms with Gasteiger partial charge in [0.05, 0.1) is 0 Å². The molecule has 2 aromatic rings. The van der Waals surface area contributed by atoms with Gasteiger partial charge in [0.2, 0.25) is 0 Å². The van der Waals surface area contributed by atoms with Gasteiger partial charge in [-0.05, 0) is 74.3 Å². The summed E-state index contributed by atoms with van der Waals surface area (Å²) in [5.74, 6) is 1.21. The van der Waals surface area contributed by atoms with E-state index in [1.165, 1.54) is 51.8 Å². The Morgan fingerprint density at radius 3 is 2.35 bits per heavy atom. The van der Waals surface area contributed by atoms with E-state index in [4.69, 9.17) is 0 Å². The van der Waals surface area contributed by atoms with Gasteiger partial charge in [0.15, 0.2) is 0 Å². The molecule has 2 aromatic carbocycles. The molecule has 3 rings (SSSR count). The number of benzene rings is 2. The summed E-state index contributed by atoms with van der Waals surface area (Å²) >= 11 is 0. The van der Waals surface area contributed by atoms with Gasteiger partial charge in [0, 0.05) is 5.92 Å². The van der Waals surface area contributed by atoms with Crippen molar-refractivity contribution in [3.63, 3.8) is 0 Å². The van der Waals surface area contributed by atoms with Crippen LogP contribution >= 0.6 is 0 Å². The molecule has 136 valence electrons. The van der Waals surface area contributed by atoms with Gasteiger partial charge in [0.1, 0.15) is 0 Å². The highest BCUT2D eigenvalue weighted by Gasteiger charge is 2.32. The van der Waals surface area contributed by atoms with Gasteiger partial charge in [-0.2, -0.15) is 0 Å². The predicted octanol–water partition coefficient (Wildman–Crippen LogP) is 7.85. The molecule has 0 aromatic heterocycles. The Balaban J connectivity index is 2.10. The van der Waals surface area contributed by atoms with Gasteiger partial charge in [-0.25, -0.2) is 0 Å². The first-order valence-electron chi connectivity index (χ1n) is 9.95. The molecule has 0 amide bonds. The molecule has 1 aliphatic carbocycles. The van der Waals surface area contributed by atoms with Crippen molar-refractivity contribution in [2.75, 3.05) is 0 Å². The maximum atomic E-state index is 4.12. The minimum absolute atomic E-state index is 0.533. The minimum atomic E-state index is 0.533. The molecule has 0 heterocycles. The average molecular weight is 345 g/mol. The van der Waals surface area contributed by atoms with E-state index < -0.39 is 0 Å². The molecule has 26 heavy (non-hydrogen) atoms. The van der Waals surface area contributed by atoms with Crippen molar-refractivity contribution < 1.29 is 0 Å². The Labute approximate surface area is 159 Å². The van der Waals surface area contributed by atoms with Crippen molar-refractivity contribution in [1.29, 1.82) is 0 Å². The summed E-state index contributed by atoms with van der Waals surface area (Å²) in [7, 11) is 0. The van der Waals surface area contributed by atoms with Crippen LogP contribution in [0.25, 0.3) is 17.2 Å². The van der Waals surface area contributed by atoms with Crippen LogP contribution < -0.4 is 0 Å². The smallest absolute Gasteiger partial charge is 0.00892 e. The molecular weight excluding hydrogens is 312 g/mol. The lowest BCUT2D eigenvalue weighted by atomic mass is 9.76. The van der Waals surface area contributed by atoms with Crippen molar-refractivity contribution in [3.05, 3.63) is 76.4 Å². The highest BCUT2D eigenvalue weighted by Crippen LogP contribution is 2.49. The topological polar surface area (TPSA) is 0 Å². The van der Waals surface area contributed by atoms with Crippen LogP contribution in [0.5, 0.6) is 0 Å². The van der Waals surface area contributed by atoms with Crippen LogP contribution in [-0.4, -0.2) is 0 Å². The van der Waals surface area contributed by atoms with Crippen molar-refractivity contribution in [2.45, 2.75) is 59.8 Å². The Hall–Kier alpha value is -2.08. The molecule has 0 saturated carbocycles. The SMILES string of the molecule is C=C(C)CC[C@H](CC)C1C(C)=Cc2ccc(C)c(-c3ccc(C)cc3)c21. The molecule has 0 bridgehead atoms. The van der Waals surface area contributed by atoms with Crippen molar-refractivity contribution in [3.8, 4) is 11.1 Å². The zero-order chi connectivity index (χ0) is 18.8. The Morgan fingerprint density at radius 1 is 1.04 bits per heavy atom. The van der Waals surface area contributed by atoms with E-state index in [0.29, 0.717) is 11.8 Å². The number of hydrogen-bond acceptors (Lipinski definition) is 0. The largest absolute Gasteiger partial charge is 0.100 e.